The highest BCUT2D eigenvalue weighted by atomic mass is 32.1. The van der Waals surface area contributed by atoms with Crippen LogP contribution in [0.3, 0.4) is 0 Å². The molecule has 84 valence electrons. The predicted octanol–water partition coefficient (Wildman–Crippen LogP) is 2.24. The molecule has 3 nitrogen and oxygen atoms in total. The summed E-state index contributed by atoms with van der Waals surface area (Å²) in [5.74, 6) is 0.694. The van der Waals surface area contributed by atoms with Gasteiger partial charge in [0.15, 0.2) is 5.13 Å². The van der Waals surface area contributed by atoms with Gasteiger partial charge in [-0.1, -0.05) is 0 Å². The summed E-state index contributed by atoms with van der Waals surface area (Å²) in [5.41, 5.74) is 4.11. The molecule has 4 heteroatoms. The first kappa shape index (κ1) is 10.1. The number of nitrogens with one attached hydrogen (secondary N) is 1. The van der Waals surface area contributed by atoms with Gasteiger partial charge in [0.1, 0.15) is 0 Å². The Morgan fingerprint density at radius 3 is 2.81 bits per heavy atom. The Kier molecular flexibility index (Phi) is 2.33. The smallest absolute Gasteiger partial charge is 0.193 e. The Hall–Kier alpha value is -1.13. The molecule has 2 aromatic heterocycles. The van der Waals surface area contributed by atoms with E-state index >= 15 is 0 Å². The highest BCUT2D eigenvalue weighted by molar-refractivity contribution is 7.12. The monoisotopic (exact) mass is 233 g/mol. The molecule has 1 aliphatic heterocycles. The zero-order chi connectivity index (χ0) is 11.1. The van der Waals surface area contributed by atoms with Crippen LogP contribution in [0.1, 0.15) is 22.9 Å². The molecule has 0 amide bonds. The fourth-order valence-electron chi connectivity index (χ4n) is 2.33. The summed E-state index contributed by atoms with van der Waals surface area (Å²) in [6, 6.07) is 2.31. The van der Waals surface area contributed by atoms with Crippen LogP contribution in [0.4, 0.5) is 0 Å². The second-order valence-electron chi connectivity index (χ2n) is 4.33. The third kappa shape index (κ3) is 1.41. The molecule has 16 heavy (non-hydrogen) atoms. The predicted molar refractivity (Wildman–Crippen MR) is 66.5 cm³/mol. The third-order valence-corrected chi connectivity index (χ3v) is 4.06. The van der Waals surface area contributed by atoms with Crippen molar-refractivity contribution in [2.24, 2.45) is 0 Å². The second kappa shape index (κ2) is 3.71. The van der Waals surface area contributed by atoms with Crippen molar-refractivity contribution in [3.8, 4) is 5.13 Å². The van der Waals surface area contributed by atoms with Crippen LogP contribution >= 0.6 is 11.3 Å². The van der Waals surface area contributed by atoms with E-state index in [2.05, 4.69) is 34.8 Å². The van der Waals surface area contributed by atoms with E-state index in [9.17, 15) is 0 Å². The molecule has 0 saturated carbocycles. The highest BCUT2D eigenvalue weighted by Crippen LogP contribution is 2.29. The minimum Gasteiger partial charge on any atom is -0.315 e. The molecule has 0 unspecified atom stereocenters. The summed E-state index contributed by atoms with van der Waals surface area (Å²) >= 11 is 1.69. The van der Waals surface area contributed by atoms with E-state index in [0.717, 1.165) is 18.2 Å². The quantitative estimate of drug-likeness (QED) is 0.862. The molecule has 0 radical (unpaired) electrons. The van der Waals surface area contributed by atoms with Gasteiger partial charge in [0.2, 0.25) is 0 Å². The van der Waals surface area contributed by atoms with Gasteiger partial charge in [-0.2, -0.15) is 0 Å². The van der Waals surface area contributed by atoms with Crippen LogP contribution in [0, 0.1) is 13.8 Å². The molecule has 0 aliphatic carbocycles. The summed E-state index contributed by atoms with van der Waals surface area (Å²) in [6.07, 6.45) is 1.86. The normalized spacial score (nSPS) is 16.4. The van der Waals surface area contributed by atoms with Crippen molar-refractivity contribution < 1.29 is 0 Å². The lowest BCUT2D eigenvalue weighted by atomic mass is 9.94. The Morgan fingerprint density at radius 1 is 1.44 bits per heavy atom. The average Bonchev–Trinajstić information content (AvgIpc) is 2.74. The molecule has 1 N–H and O–H groups in total. The molecule has 2 aromatic rings. The Bertz CT molecular complexity index is 495. The van der Waals surface area contributed by atoms with Crippen LogP contribution in [0.25, 0.3) is 5.13 Å². The summed E-state index contributed by atoms with van der Waals surface area (Å²) in [7, 11) is 0. The number of hydrogen-bond acceptors (Lipinski definition) is 3. The van der Waals surface area contributed by atoms with Crippen LogP contribution in [0.2, 0.25) is 0 Å². The van der Waals surface area contributed by atoms with E-state index in [1.54, 1.807) is 11.3 Å². The summed E-state index contributed by atoms with van der Waals surface area (Å²) in [4.78, 5) is 4.39. The van der Waals surface area contributed by atoms with Gasteiger partial charge in [-0.05, 0) is 25.5 Å². The van der Waals surface area contributed by atoms with Crippen LogP contribution in [0.5, 0.6) is 0 Å². The van der Waals surface area contributed by atoms with E-state index < -0.39 is 0 Å². The molecule has 0 spiro atoms. The lowest BCUT2D eigenvalue weighted by Crippen LogP contribution is -2.40. The molecule has 0 aromatic carbocycles. The van der Waals surface area contributed by atoms with Crippen LogP contribution in [-0.4, -0.2) is 22.6 Å². The zero-order valence-corrected chi connectivity index (χ0v) is 10.3. The molecular weight excluding hydrogens is 218 g/mol. The van der Waals surface area contributed by atoms with Crippen molar-refractivity contribution in [3.05, 3.63) is 34.6 Å². The summed E-state index contributed by atoms with van der Waals surface area (Å²) < 4.78 is 2.26. The van der Waals surface area contributed by atoms with E-state index in [0.29, 0.717) is 5.92 Å². The minimum atomic E-state index is 0.694. The number of rotatable bonds is 2. The largest absolute Gasteiger partial charge is 0.315 e. The fourth-order valence-corrected chi connectivity index (χ4v) is 3.08. The number of nitrogens with zero attached hydrogens (tertiary/aromatic N) is 2. The van der Waals surface area contributed by atoms with Gasteiger partial charge in [0, 0.05) is 42.0 Å². The zero-order valence-electron chi connectivity index (χ0n) is 9.53. The Balaban J connectivity index is 2.08. The van der Waals surface area contributed by atoms with Crippen molar-refractivity contribution in [3.63, 3.8) is 0 Å². The number of hydrogen-bond donors (Lipinski definition) is 1. The van der Waals surface area contributed by atoms with E-state index in [4.69, 9.17) is 0 Å². The average molecular weight is 233 g/mol. The maximum absolute atomic E-state index is 4.39. The highest BCUT2D eigenvalue weighted by Gasteiger charge is 2.24. The Labute approximate surface area is 99.1 Å². The van der Waals surface area contributed by atoms with Crippen LogP contribution in [-0.2, 0) is 0 Å². The molecule has 1 aliphatic rings. The molecule has 0 bridgehead atoms. The molecule has 3 heterocycles. The van der Waals surface area contributed by atoms with Crippen molar-refractivity contribution in [1.82, 2.24) is 14.9 Å². The third-order valence-electron chi connectivity index (χ3n) is 3.30. The van der Waals surface area contributed by atoms with Gasteiger partial charge in [-0.15, -0.1) is 11.3 Å². The number of aryl methyl sites for hydroxylation is 1. The lowest BCUT2D eigenvalue weighted by molar-refractivity contribution is 0.446. The first-order valence-corrected chi connectivity index (χ1v) is 6.45. The van der Waals surface area contributed by atoms with Crippen molar-refractivity contribution in [2.45, 2.75) is 19.8 Å². The summed E-state index contributed by atoms with van der Waals surface area (Å²) in [5, 5.41) is 6.43. The maximum Gasteiger partial charge on any atom is 0.193 e. The second-order valence-corrected chi connectivity index (χ2v) is 5.20. The fraction of sp³-hybridized carbons (Fsp3) is 0.417. The standard InChI is InChI=1S/C12H15N3S/c1-8-5-11(10-6-13-7-10)9(2)15(8)12-14-3-4-16-12/h3-5,10,13H,6-7H2,1-2H3. The molecule has 1 fully saturated rings. The van der Waals surface area contributed by atoms with Crippen molar-refractivity contribution in [1.29, 1.82) is 0 Å². The number of thiazole rings is 1. The first-order chi connectivity index (χ1) is 7.77. The van der Waals surface area contributed by atoms with Crippen LogP contribution in [0.15, 0.2) is 17.6 Å². The topological polar surface area (TPSA) is 29.9 Å². The van der Waals surface area contributed by atoms with Gasteiger partial charge in [-0.25, -0.2) is 4.98 Å². The first-order valence-electron chi connectivity index (χ1n) is 5.57. The molecule has 1 saturated heterocycles. The van der Waals surface area contributed by atoms with Crippen molar-refractivity contribution in [2.75, 3.05) is 13.1 Å². The molecular formula is C12H15N3S. The van der Waals surface area contributed by atoms with Gasteiger partial charge in [0.25, 0.3) is 0 Å². The Morgan fingerprint density at radius 2 is 2.25 bits per heavy atom. The van der Waals surface area contributed by atoms with Crippen molar-refractivity contribution >= 4 is 11.3 Å². The SMILES string of the molecule is Cc1cc(C2CNC2)c(C)n1-c1nccs1. The molecule has 3 rings (SSSR count). The van der Waals surface area contributed by atoms with Gasteiger partial charge in [0.05, 0.1) is 0 Å². The number of aromatic nitrogens is 2. The van der Waals surface area contributed by atoms with Gasteiger partial charge >= 0.3 is 0 Å². The van der Waals surface area contributed by atoms with Crippen LogP contribution < -0.4 is 5.32 Å². The van der Waals surface area contributed by atoms with E-state index in [-0.39, 0.29) is 0 Å². The molecule has 0 atom stereocenters. The van der Waals surface area contributed by atoms with Gasteiger partial charge in [-0.3, -0.25) is 4.57 Å². The summed E-state index contributed by atoms with van der Waals surface area (Å²) in [6.45, 7) is 6.58. The van der Waals surface area contributed by atoms with E-state index in [1.807, 2.05) is 11.6 Å². The van der Waals surface area contributed by atoms with Gasteiger partial charge < -0.3 is 5.32 Å². The minimum absolute atomic E-state index is 0.694. The lowest BCUT2D eigenvalue weighted by Gasteiger charge is -2.27. The maximum atomic E-state index is 4.39. The van der Waals surface area contributed by atoms with E-state index in [1.165, 1.54) is 17.0 Å².